The third-order valence-electron chi connectivity index (χ3n) is 2.78. The first-order chi connectivity index (χ1) is 7.95. The average molecular weight is 246 g/mol. The molecule has 17 heavy (non-hydrogen) atoms. The van der Waals surface area contributed by atoms with Gasteiger partial charge in [0.05, 0.1) is 12.8 Å². The predicted octanol–water partition coefficient (Wildman–Crippen LogP) is 2.22. The maximum absolute atomic E-state index is 12.2. The maximum atomic E-state index is 12.2. The first-order valence-corrected chi connectivity index (χ1v) is 5.37. The van der Waals surface area contributed by atoms with E-state index in [2.05, 4.69) is 4.98 Å². The molecule has 2 rings (SSSR count). The third kappa shape index (κ3) is 3.09. The fraction of sp³-hybridized carbons (Fsp3) is 0.545. The summed E-state index contributed by atoms with van der Waals surface area (Å²) in [6.07, 6.45) is -1.48. The van der Waals surface area contributed by atoms with Crippen LogP contribution in [0.25, 0.3) is 0 Å². The molecule has 2 N–H and O–H groups in total. The lowest BCUT2D eigenvalue weighted by Gasteiger charge is -2.31. The van der Waals surface area contributed by atoms with Gasteiger partial charge in [-0.1, -0.05) is 0 Å². The van der Waals surface area contributed by atoms with E-state index in [1.54, 1.807) is 0 Å². The minimum atomic E-state index is -4.40. The molecule has 0 aromatic carbocycles. The number of nitrogens with two attached hydrogens (primary N) is 1. The standard InChI is InChI=1S/C11H13F3N2O/c12-11(13,14)10-2-1-9(5-16-10)17-6-7-3-8(15)4-7/h1-2,5,7-8H,3-4,6,15H2. The van der Waals surface area contributed by atoms with Crippen LogP contribution in [0.5, 0.6) is 5.75 Å². The van der Waals surface area contributed by atoms with E-state index in [-0.39, 0.29) is 6.04 Å². The summed E-state index contributed by atoms with van der Waals surface area (Å²) in [5.74, 6) is 0.769. The van der Waals surface area contributed by atoms with Crippen LogP contribution in [0.3, 0.4) is 0 Å². The maximum Gasteiger partial charge on any atom is 0.433 e. The smallest absolute Gasteiger partial charge is 0.433 e. The van der Waals surface area contributed by atoms with Crippen LogP contribution < -0.4 is 10.5 Å². The second-order valence-corrected chi connectivity index (χ2v) is 4.29. The molecule has 1 aliphatic carbocycles. The van der Waals surface area contributed by atoms with Crippen molar-refractivity contribution >= 4 is 0 Å². The van der Waals surface area contributed by atoms with Gasteiger partial charge >= 0.3 is 6.18 Å². The molecule has 1 fully saturated rings. The minimum Gasteiger partial charge on any atom is -0.492 e. The lowest BCUT2D eigenvalue weighted by molar-refractivity contribution is -0.141. The van der Waals surface area contributed by atoms with Crippen LogP contribution in [0.4, 0.5) is 13.2 Å². The normalized spacial score (nSPS) is 24.2. The van der Waals surface area contributed by atoms with E-state index in [0.29, 0.717) is 18.3 Å². The van der Waals surface area contributed by atoms with Crippen molar-refractivity contribution in [2.45, 2.75) is 25.1 Å². The molecule has 0 bridgehead atoms. The molecule has 0 unspecified atom stereocenters. The van der Waals surface area contributed by atoms with E-state index in [9.17, 15) is 13.2 Å². The van der Waals surface area contributed by atoms with E-state index in [4.69, 9.17) is 10.5 Å². The van der Waals surface area contributed by atoms with E-state index >= 15 is 0 Å². The highest BCUT2D eigenvalue weighted by Gasteiger charge is 2.32. The molecule has 0 spiro atoms. The molecule has 0 radical (unpaired) electrons. The number of alkyl halides is 3. The van der Waals surface area contributed by atoms with Crippen LogP contribution in [0, 0.1) is 5.92 Å². The van der Waals surface area contributed by atoms with E-state index in [0.717, 1.165) is 25.1 Å². The summed E-state index contributed by atoms with van der Waals surface area (Å²) in [6, 6.07) is 2.45. The summed E-state index contributed by atoms with van der Waals surface area (Å²) in [7, 11) is 0. The second kappa shape index (κ2) is 4.52. The monoisotopic (exact) mass is 246 g/mol. The molecule has 94 valence electrons. The van der Waals surface area contributed by atoms with Crippen LogP contribution >= 0.6 is 0 Å². The quantitative estimate of drug-likeness (QED) is 0.889. The summed E-state index contributed by atoms with van der Waals surface area (Å²) in [4.78, 5) is 3.31. The minimum absolute atomic E-state index is 0.245. The molecule has 1 aliphatic rings. The summed E-state index contributed by atoms with van der Waals surface area (Å²) < 4.78 is 42.0. The Balaban J connectivity index is 1.86. The molecule has 1 saturated carbocycles. The number of aromatic nitrogens is 1. The Bertz CT molecular complexity index is 371. The number of pyridine rings is 1. The van der Waals surface area contributed by atoms with Gasteiger partial charge in [0.15, 0.2) is 0 Å². The third-order valence-corrected chi connectivity index (χ3v) is 2.78. The van der Waals surface area contributed by atoms with Gasteiger partial charge in [0.2, 0.25) is 0 Å². The Kier molecular flexibility index (Phi) is 3.24. The van der Waals surface area contributed by atoms with Gasteiger partial charge < -0.3 is 10.5 Å². The van der Waals surface area contributed by atoms with Gasteiger partial charge in [0, 0.05) is 6.04 Å². The fourth-order valence-electron chi connectivity index (χ4n) is 1.77. The van der Waals surface area contributed by atoms with Crippen LogP contribution in [-0.2, 0) is 6.18 Å². The number of hydrogen-bond acceptors (Lipinski definition) is 3. The van der Waals surface area contributed by atoms with Gasteiger partial charge in [0.1, 0.15) is 11.4 Å². The zero-order chi connectivity index (χ0) is 12.5. The summed E-state index contributed by atoms with van der Waals surface area (Å²) in [5, 5.41) is 0. The summed E-state index contributed by atoms with van der Waals surface area (Å²) in [5.41, 5.74) is 4.71. The molecule has 0 saturated heterocycles. The molecule has 1 aromatic rings. The lowest BCUT2D eigenvalue weighted by Crippen LogP contribution is -2.39. The average Bonchev–Trinajstić information content (AvgIpc) is 2.22. The molecule has 1 heterocycles. The van der Waals surface area contributed by atoms with E-state index in [1.165, 1.54) is 6.07 Å². The van der Waals surface area contributed by atoms with Gasteiger partial charge in [-0.3, -0.25) is 0 Å². The Morgan fingerprint density at radius 3 is 2.53 bits per heavy atom. The Morgan fingerprint density at radius 2 is 2.06 bits per heavy atom. The highest BCUT2D eigenvalue weighted by molar-refractivity contribution is 5.21. The zero-order valence-electron chi connectivity index (χ0n) is 9.07. The van der Waals surface area contributed by atoms with Crippen molar-refractivity contribution in [1.82, 2.24) is 4.98 Å². The van der Waals surface area contributed by atoms with Crippen molar-refractivity contribution in [3.63, 3.8) is 0 Å². The van der Waals surface area contributed by atoms with E-state index in [1.807, 2.05) is 0 Å². The van der Waals surface area contributed by atoms with Crippen molar-refractivity contribution in [1.29, 1.82) is 0 Å². The van der Waals surface area contributed by atoms with Crippen LogP contribution in [0.2, 0.25) is 0 Å². The number of halogens is 3. The topological polar surface area (TPSA) is 48.1 Å². The van der Waals surface area contributed by atoms with Crippen LogP contribution in [-0.4, -0.2) is 17.6 Å². The van der Waals surface area contributed by atoms with Gasteiger partial charge in [-0.2, -0.15) is 13.2 Å². The molecule has 0 aliphatic heterocycles. The van der Waals surface area contributed by atoms with Gasteiger partial charge in [-0.05, 0) is 30.9 Å². The van der Waals surface area contributed by atoms with Crippen molar-refractivity contribution in [3.05, 3.63) is 24.0 Å². The first kappa shape index (κ1) is 12.2. The largest absolute Gasteiger partial charge is 0.492 e. The van der Waals surface area contributed by atoms with Crippen LogP contribution in [0.1, 0.15) is 18.5 Å². The zero-order valence-corrected chi connectivity index (χ0v) is 9.07. The number of nitrogens with zero attached hydrogens (tertiary/aromatic N) is 1. The SMILES string of the molecule is NC1CC(COc2ccc(C(F)(F)F)nc2)C1. The molecule has 3 nitrogen and oxygen atoms in total. The Labute approximate surface area is 96.8 Å². The van der Waals surface area contributed by atoms with Crippen molar-refractivity contribution < 1.29 is 17.9 Å². The number of ether oxygens (including phenoxy) is 1. The fourth-order valence-corrected chi connectivity index (χ4v) is 1.77. The highest BCUT2D eigenvalue weighted by Crippen LogP contribution is 2.29. The molecular formula is C11H13F3N2O. The van der Waals surface area contributed by atoms with Crippen LogP contribution in [0.15, 0.2) is 18.3 Å². The number of hydrogen-bond donors (Lipinski definition) is 1. The van der Waals surface area contributed by atoms with Gasteiger partial charge in [-0.15, -0.1) is 0 Å². The summed E-state index contributed by atoms with van der Waals surface area (Å²) in [6.45, 7) is 0.487. The van der Waals surface area contributed by atoms with Crippen molar-refractivity contribution in [3.8, 4) is 5.75 Å². The van der Waals surface area contributed by atoms with Gasteiger partial charge in [-0.25, -0.2) is 4.98 Å². The summed E-state index contributed by atoms with van der Waals surface area (Å²) >= 11 is 0. The van der Waals surface area contributed by atoms with Gasteiger partial charge in [0.25, 0.3) is 0 Å². The molecule has 0 atom stereocenters. The molecule has 6 heteroatoms. The Morgan fingerprint density at radius 1 is 1.35 bits per heavy atom. The highest BCUT2D eigenvalue weighted by atomic mass is 19.4. The molecule has 1 aromatic heterocycles. The predicted molar refractivity (Wildman–Crippen MR) is 55.4 cm³/mol. The number of rotatable bonds is 3. The Hall–Kier alpha value is -1.30. The molecular weight excluding hydrogens is 233 g/mol. The lowest BCUT2D eigenvalue weighted by atomic mass is 9.82. The first-order valence-electron chi connectivity index (χ1n) is 5.37. The van der Waals surface area contributed by atoms with E-state index < -0.39 is 11.9 Å². The molecule has 0 amide bonds. The van der Waals surface area contributed by atoms with Crippen molar-refractivity contribution in [2.75, 3.05) is 6.61 Å². The second-order valence-electron chi connectivity index (χ2n) is 4.29. The van der Waals surface area contributed by atoms with Crippen molar-refractivity contribution in [2.24, 2.45) is 11.7 Å².